The summed E-state index contributed by atoms with van der Waals surface area (Å²) in [4.78, 5) is 6.63. The van der Waals surface area contributed by atoms with E-state index in [2.05, 4.69) is 16.9 Å². The molecule has 1 fully saturated rings. The van der Waals surface area contributed by atoms with Crippen LogP contribution in [-0.2, 0) is 17.8 Å². The maximum Gasteiger partial charge on any atom is 0.223 e. The van der Waals surface area contributed by atoms with E-state index >= 15 is 0 Å². The second kappa shape index (κ2) is 12.3. The number of halogens is 2. The number of methoxy groups -OCH3 is 1. The fourth-order valence-electron chi connectivity index (χ4n) is 4.49. The molecule has 1 aliphatic carbocycles. The van der Waals surface area contributed by atoms with Crippen LogP contribution in [0.1, 0.15) is 63.6 Å². The fourth-order valence-corrected chi connectivity index (χ4v) is 4.49. The zero-order valence-electron chi connectivity index (χ0n) is 20.8. The van der Waals surface area contributed by atoms with Crippen LogP contribution in [0, 0.1) is 11.8 Å². The predicted octanol–water partition coefficient (Wildman–Crippen LogP) is 5.93. The fraction of sp³-hybridized carbons (Fsp3) is 0.519. The third-order valence-electron chi connectivity index (χ3n) is 6.41. The molecule has 2 aromatic rings. The molecule has 0 spiro atoms. The number of piperidine rings is 1. The maximum absolute atomic E-state index is 14.9. The van der Waals surface area contributed by atoms with E-state index in [0.717, 1.165) is 17.8 Å². The van der Waals surface area contributed by atoms with Crippen molar-refractivity contribution in [3.8, 4) is 11.4 Å². The molecule has 0 radical (unpaired) electrons. The molecule has 34 heavy (non-hydrogen) atoms. The molecular weight excluding hydrogens is 436 g/mol. The van der Waals surface area contributed by atoms with Gasteiger partial charge in [0.2, 0.25) is 5.95 Å². The van der Waals surface area contributed by atoms with Crippen molar-refractivity contribution in [2.24, 2.45) is 0 Å². The summed E-state index contributed by atoms with van der Waals surface area (Å²) in [5.74, 6) is 0.201. The standard InChI is InChI=1S/C21H24F2N2O2.C6H13N/c1-4-5-14-6-7-15(11-17(14)22)21-24-18(12-26)20(23)25(21)16-8-9-19(27-3)13(2)10-16;1-7-5-3-2-4-6-7/h6-7,10-11,26H,4-5,8-9,12H2,1-3H3;2-6H2,1H3. The van der Waals surface area contributed by atoms with Crippen molar-refractivity contribution in [3.63, 3.8) is 0 Å². The van der Waals surface area contributed by atoms with Crippen LogP contribution in [0.2, 0.25) is 0 Å². The molecule has 1 aromatic heterocycles. The topological polar surface area (TPSA) is 50.5 Å². The van der Waals surface area contributed by atoms with E-state index in [9.17, 15) is 13.9 Å². The number of aromatic nitrogens is 2. The summed E-state index contributed by atoms with van der Waals surface area (Å²) in [7, 11) is 3.81. The Labute approximate surface area is 201 Å². The lowest BCUT2D eigenvalue weighted by Gasteiger charge is -2.20. The summed E-state index contributed by atoms with van der Waals surface area (Å²) in [5, 5.41) is 9.46. The van der Waals surface area contributed by atoms with E-state index < -0.39 is 12.6 Å². The second-order valence-corrected chi connectivity index (χ2v) is 9.03. The molecule has 2 aliphatic rings. The Balaban J connectivity index is 0.000000396. The van der Waals surface area contributed by atoms with Gasteiger partial charge in [-0.05, 0) is 76.0 Å². The third kappa shape index (κ3) is 6.13. The van der Waals surface area contributed by atoms with Crippen LogP contribution in [-0.4, -0.2) is 46.8 Å². The zero-order valence-corrected chi connectivity index (χ0v) is 20.8. The molecule has 186 valence electrons. The minimum absolute atomic E-state index is 0.0527. The SMILES string of the molecule is CCCc1ccc(-c2nc(CO)c(F)n2C2=CC(C)=C(OC)CC2)cc1F.CN1CCCCC1. The molecule has 1 N–H and O–H groups in total. The summed E-state index contributed by atoms with van der Waals surface area (Å²) in [6.07, 6.45) is 8.81. The largest absolute Gasteiger partial charge is 0.501 e. The monoisotopic (exact) mass is 473 g/mol. The Morgan fingerprint density at radius 3 is 2.38 bits per heavy atom. The van der Waals surface area contributed by atoms with Gasteiger partial charge in [0, 0.05) is 17.7 Å². The quantitative estimate of drug-likeness (QED) is 0.565. The molecule has 2 heterocycles. The van der Waals surface area contributed by atoms with Gasteiger partial charge in [0.1, 0.15) is 17.3 Å². The minimum atomic E-state index is -0.620. The van der Waals surface area contributed by atoms with E-state index in [-0.39, 0.29) is 11.5 Å². The number of allylic oxidation sites excluding steroid dienone is 4. The van der Waals surface area contributed by atoms with Crippen molar-refractivity contribution in [1.29, 1.82) is 0 Å². The van der Waals surface area contributed by atoms with E-state index in [1.807, 2.05) is 19.9 Å². The van der Waals surface area contributed by atoms with Crippen LogP contribution in [0.15, 0.2) is 35.6 Å². The van der Waals surface area contributed by atoms with Gasteiger partial charge in [0.15, 0.2) is 0 Å². The average Bonchev–Trinajstić information content (AvgIpc) is 3.17. The van der Waals surface area contributed by atoms with Gasteiger partial charge in [-0.1, -0.05) is 31.9 Å². The highest BCUT2D eigenvalue weighted by atomic mass is 19.1. The van der Waals surface area contributed by atoms with Crippen molar-refractivity contribution in [1.82, 2.24) is 14.5 Å². The lowest BCUT2D eigenvalue weighted by Crippen LogP contribution is -2.24. The van der Waals surface area contributed by atoms with Gasteiger partial charge in [-0.3, -0.25) is 4.57 Å². The molecule has 1 aromatic carbocycles. The highest BCUT2D eigenvalue weighted by Crippen LogP contribution is 2.33. The van der Waals surface area contributed by atoms with Gasteiger partial charge >= 0.3 is 0 Å². The molecule has 0 unspecified atom stereocenters. The highest BCUT2D eigenvalue weighted by molar-refractivity contribution is 5.66. The number of likely N-dealkylation sites (tertiary alicyclic amines) is 1. The summed E-state index contributed by atoms with van der Waals surface area (Å²) in [6, 6.07) is 4.85. The first-order valence-corrected chi connectivity index (χ1v) is 12.2. The van der Waals surface area contributed by atoms with Gasteiger partial charge in [0.25, 0.3) is 0 Å². The first-order valence-electron chi connectivity index (χ1n) is 12.2. The lowest BCUT2D eigenvalue weighted by molar-refractivity contribution is 0.269. The Kier molecular flexibility index (Phi) is 9.42. The molecule has 0 amide bonds. The van der Waals surface area contributed by atoms with Crippen LogP contribution < -0.4 is 0 Å². The number of aliphatic hydroxyl groups excluding tert-OH is 1. The van der Waals surface area contributed by atoms with Crippen LogP contribution in [0.4, 0.5) is 8.78 Å². The number of imidazole rings is 1. The Bertz CT molecular complexity index is 1040. The van der Waals surface area contributed by atoms with Gasteiger partial charge in [-0.25, -0.2) is 9.37 Å². The van der Waals surface area contributed by atoms with Crippen molar-refractivity contribution in [2.75, 3.05) is 27.2 Å². The number of benzene rings is 1. The number of nitrogens with zero attached hydrogens (tertiary/aromatic N) is 3. The van der Waals surface area contributed by atoms with Gasteiger partial charge in [-0.15, -0.1) is 0 Å². The summed E-state index contributed by atoms with van der Waals surface area (Å²) >= 11 is 0. The van der Waals surface area contributed by atoms with Crippen LogP contribution in [0.5, 0.6) is 0 Å². The zero-order chi connectivity index (χ0) is 24.7. The van der Waals surface area contributed by atoms with Crippen molar-refractivity contribution >= 4 is 5.70 Å². The Morgan fingerprint density at radius 1 is 1.12 bits per heavy atom. The number of aryl methyl sites for hydroxylation is 1. The summed E-state index contributed by atoms with van der Waals surface area (Å²) < 4.78 is 36.1. The van der Waals surface area contributed by atoms with Crippen LogP contribution in [0.25, 0.3) is 17.1 Å². The van der Waals surface area contributed by atoms with Crippen molar-refractivity contribution in [3.05, 3.63) is 58.6 Å². The van der Waals surface area contributed by atoms with Crippen LogP contribution in [0.3, 0.4) is 0 Å². The molecule has 0 atom stereocenters. The van der Waals surface area contributed by atoms with Gasteiger partial charge < -0.3 is 14.7 Å². The highest BCUT2D eigenvalue weighted by Gasteiger charge is 2.23. The normalized spacial score (nSPS) is 16.7. The molecule has 5 nitrogen and oxygen atoms in total. The van der Waals surface area contributed by atoms with Crippen molar-refractivity contribution < 1.29 is 18.6 Å². The maximum atomic E-state index is 14.9. The van der Waals surface area contributed by atoms with E-state index in [1.165, 1.54) is 43.0 Å². The first-order chi connectivity index (χ1) is 16.4. The van der Waals surface area contributed by atoms with Crippen molar-refractivity contribution in [2.45, 2.75) is 65.4 Å². The number of aliphatic hydroxyl groups is 1. The molecular formula is C27H37F2N3O2. The number of hydrogen-bond acceptors (Lipinski definition) is 4. The molecule has 1 aliphatic heterocycles. The smallest absolute Gasteiger partial charge is 0.223 e. The minimum Gasteiger partial charge on any atom is -0.501 e. The Morgan fingerprint density at radius 2 is 1.85 bits per heavy atom. The average molecular weight is 474 g/mol. The second-order valence-electron chi connectivity index (χ2n) is 9.03. The predicted molar refractivity (Wildman–Crippen MR) is 132 cm³/mol. The third-order valence-corrected chi connectivity index (χ3v) is 6.41. The van der Waals surface area contributed by atoms with E-state index in [4.69, 9.17) is 4.74 Å². The van der Waals surface area contributed by atoms with E-state index in [0.29, 0.717) is 41.9 Å². The molecule has 0 saturated carbocycles. The molecule has 1 saturated heterocycles. The molecule has 0 bridgehead atoms. The molecule has 4 rings (SSSR count). The number of ether oxygens (including phenoxy) is 1. The Hall–Kier alpha value is -2.51. The van der Waals surface area contributed by atoms with Gasteiger partial charge in [-0.2, -0.15) is 4.39 Å². The summed E-state index contributed by atoms with van der Waals surface area (Å²) in [5.41, 5.74) is 2.66. The first kappa shape index (κ1) is 26.1. The van der Waals surface area contributed by atoms with Gasteiger partial charge in [0.05, 0.1) is 19.5 Å². The van der Waals surface area contributed by atoms with E-state index in [1.54, 1.807) is 19.2 Å². The van der Waals surface area contributed by atoms with Crippen LogP contribution >= 0.6 is 0 Å². The lowest BCUT2D eigenvalue weighted by atomic mass is 10.0. The number of hydrogen-bond donors (Lipinski definition) is 1. The number of rotatable bonds is 6. The summed E-state index contributed by atoms with van der Waals surface area (Å²) in [6.45, 7) is 6.01. The molecule has 7 heteroatoms.